The SMILES string of the molecule is O=C(COc1ccccc1[N+](=O)[O-])N/N=C\c1cc(Br)ccc1OC(=O)/C=C/c1ccco1. The number of nitrogens with zero attached hydrogens (tertiary/aromatic N) is 2. The molecule has 0 fully saturated rings. The second kappa shape index (κ2) is 11.4. The van der Waals surface area contributed by atoms with E-state index in [1.807, 2.05) is 0 Å². The largest absolute Gasteiger partial charge is 0.477 e. The monoisotopic (exact) mass is 513 g/mol. The summed E-state index contributed by atoms with van der Waals surface area (Å²) in [6.07, 6.45) is 5.44. The summed E-state index contributed by atoms with van der Waals surface area (Å²) in [5, 5.41) is 14.8. The Morgan fingerprint density at radius 2 is 1.97 bits per heavy atom. The lowest BCUT2D eigenvalue weighted by atomic mass is 10.2. The maximum absolute atomic E-state index is 12.1. The summed E-state index contributed by atoms with van der Waals surface area (Å²) in [6.45, 7) is -0.486. The van der Waals surface area contributed by atoms with E-state index in [-0.39, 0.29) is 17.2 Å². The summed E-state index contributed by atoms with van der Waals surface area (Å²) in [7, 11) is 0. The molecule has 33 heavy (non-hydrogen) atoms. The second-order valence-electron chi connectivity index (χ2n) is 6.26. The van der Waals surface area contributed by atoms with Crippen molar-refractivity contribution < 1.29 is 28.4 Å². The molecule has 10 nitrogen and oxygen atoms in total. The molecule has 0 saturated carbocycles. The van der Waals surface area contributed by atoms with E-state index in [1.165, 1.54) is 42.8 Å². The molecular weight excluding hydrogens is 498 g/mol. The van der Waals surface area contributed by atoms with Gasteiger partial charge in [-0.25, -0.2) is 10.2 Å². The van der Waals surface area contributed by atoms with Gasteiger partial charge in [0.2, 0.25) is 0 Å². The van der Waals surface area contributed by atoms with E-state index in [0.717, 1.165) is 0 Å². The summed E-state index contributed by atoms with van der Waals surface area (Å²) < 4.78 is 16.3. The quantitative estimate of drug-likeness (QED) is 0.114. The van der Waals surface area contributed by atoms with Crippen LogP contribution in [0.5, 0.6) is 11.5 Å². The summed E-state index contributed by atoms with van der Waals surface area (Å²) in [5.41, 5.74) is 2.40. The number of rotatable bonds is 9. The number of carbonyl (C=O) groups excluding carboxylic acids is 2. The van der Waals surface area contributed by atoms with Crippen LogP contribution in [0.4, 0.5) is 5.69 Å². The molecule has 0 aliphatic carbocycles. The predicted octanol–water partition coefficient (Wildman–Crippen LogP) is 4.10. The maximum atomic E-state index is 12.1. The lowest BCUT2D eigenvalue weighted by molar-refractivity contribution is -0.385. The van der Waals surface area contributed by atoms with Crippen LogP contribution in [0.25, 0.3) is 6.08 Å². The zero-order valence-electron chi connectivity index (χ0n) is 16.8. The summed E-state index contributed by atoms with van der Waals surface area (Å²) in [4.78, 5) is 34.4. The minimum atomic E-state index is -0.640. The topological polar surface area (TPSA) is 133 Å². The minimum Gasteiger partial charge on any atom is -0.477 e. The normalized spacial score (nSPS) is 10.9. The zero-order chi connectivity index (χ0) is 23.6. The Morgan fingerprint density at radius 1 is 1.15 bits per heavy atom. The Kier molecular flexibility index (Phi) is 8.08. The molecule has 1 heterocycles. The van der Waals surface area contributed by atoms with Gasteiger partial charge in [-0.1, -0.05) is 28.1 Å². The molecule has 1 amide bonds. The first-order chi connectivity index (χ1) is 15.9. The highest BCUT2D eigenvalue weighted by Gasteiger charge is 2.14. The number of carbonyl (C=O) groups is 2. The number of hydrazone groups is 1. The number of halogens is 1. The van der Waals surface area contributed by atoms with Crippen LogP contribution in [0.3, 0.4) is 0 Å². The molecule has 0 radical (unpaired) electrons. The Morgan fingerprint density at radius 3 is 2.73 bits per heavy atom. The van der Waals surface area contributed by atoms with Crippen molar-refractivity contribution in [1.29, 1.82) is 0 Å². The molecule has 2 aromatic carbocycles. The van der Waals surface area contributed by atoms with Crippen LogP contribution in [0, 0.1) is 10.1 Å². The van der Waals surface area contributed by atoms with Gasteiger partial charge >= 0.3 is 11.7 Å². The number of nitro benzene ring substituents is 1. The fraction of sp³-hybridized carbons (Fsp3) is 0.0455. The van der Waals surface area contributed by atoms with Crippen LogP contribution < -0.4 is 14.9 Å². The number of amides is 1. The van der Waals surface area contributed by atoms with E-state index in [2.05, 4.69) is 26.5 Å². The first-order valence-electron chi connectivity index (χ1n) is 9.33. The van der Waals surface area contributed by atoms with Gasteiger partial charge in [0.25, 0.3) is 5.91 Å². The van der Waals surface area contributed by atoms with Gasteiger partial charge in [-0.2, -0.15) is 5.10 Å². The molecule has 0 aliphatic rings. The van der Waals surface area contributed by atoms with Crippen LogP contribution >= 0.6 is 15.9 Å². The van der Waals surface area contributed by atoms with Gasteiger partial charge in [-0.3, -0.25) is 14.9 Å². The molecule has 0 spiro atoms. The first-order valence-corrected chi connectivity index (χ1v) is 10.1. The first kappa shape index (κ1) is 23.4. The number of hydrogen-bond acceptors (Lipinski definition) is 8. The number of para-hydroxylation sites is 2. The smallest absolute Gasteiger partial charge is 0.336 e. The predicted molar refractivity (Wildman–Crippen MR) is 122 cm³/mol. The van der Waals surface area contributed by atoms with Crippen molar-refractivity contribution >= 4 is 45.8 Å². The molecular formula is C22H16BrN3O7. The molecule has 168 valence electrons. The van der Waals surface area contributed by atoms with Gasteiger partial charge in [-0.15, -0.1) is 0 Å². The average Bonchev–Trinajstić information content (AvgIpc) is 3.32. The number of esters is 1. The van der Waals surface area contributed by atoms with Gasteiger partial charge in [0.1, 0.15) is 11.5 Å². The van der Waals surface area contributed by atoms with E-state index in [4.69, 9.17) is 13.9 Å². The molecule has 0 saturated heterocycles. The number of nitrogens with one attached hydrogen (secondary N) is 1. The van der Waals surface area contributed by atoms with E-state index in [0.29, 0.717) is 15.8 Å². The summed E-state index contributed by atoms with van der Waals surface area (Å²) in [6, 6.07) is 13.9. The number of nitro groups is 1. The van der Waals surface area contributed by atoms with Crippen molar-refractivity contribution in [1.82, 2.24) is 5.43 Å². The highest BCUT2D eigenvalue weighted by Crippen LogP contribution is 2.25. The lowest BCUT2D eigenvalue weighted by Gasteiger charge is -2.07. The molecule has 0 unspecified atom stereocenters. The number of ether oxygens (including phenoxy) is 2. The van der Waals surface area contributed by atoms with Gasteiger partial charge in [0, 0.05) is 22.2 Å². The van der Waals surface area contributed by atoms with Crippen molar-refractivity contribution in [3.63, 3.8) is 0 Å². The Balaban J connectivity index is 1.59. The number of hydrogen-bond donors (Lipinski definition) is 1. The van der Waals surface area contributed by atoms with Crippen LogP contribution in [0.1, 0.15) is 11.3 Å². The van der Waals surface area contributed by atoms with Gasteiger partial charge in [0.05, 0.1) is 17.4 Å². The molecule has 1 aromatic heterocycles. The fourth-order valence-electron chi connectivity index (χ4n) is 2.47. The standard InChI is InChI=1S/C22H16BrN3O7/c23-16-7-9-19(33-22(28)10-8-17-4-3-11-31-17)15(12-16)13-24-25-21(27)14-32-20-6-2-1-5-18(20)26(29)30/h1-13H,14H2,(H,25,27)/b10-8+,24-13-. The van der Waals surface area contributed by atoms with Crippen molar-refractivity contribution in [2.24, 2.45) is 5.10 Å². The average molecular weight is 514 g/mol. The summed E-state index contributed by atoms with van der Waals surface area (Å²) in [5.74, 6) is -0.605. The van der Waals surface area contributed by atoms with Crippen molar-refractivity contribution in [3.8, 4) is 11.5 Å². The minimum absolute atomic E-state index is 0.0366. The van der Waals surface area contributed by atoms with Crippen LogP contribution in [0.2, 0.25) is 0 Å². The lowest BCUT2D eigenvalue weighted by Crippen LogP contribution is -2.24. The molecule has 0 aliphatic heterocycles. The van der Waals surface area contributed by atoms with E-state index < -0.39 is 23.4 Å². The number of benzene rings is 2. The Labute approximate surface area is 195 Å². The molecule has 0 bridgehead atoms. The fourth-order valence-corrected chi connectivity index (χ4v) is 2.85. The van der Waals surface area contributed by atoms with Crippen molar-refractivity contribution in [2.75, 3.05) is 6.61 Å². The van der Waals surface area contributed by atoms with Crippen molar-refractivity contribution in [3.05, 3.63) is 92.8 Å². The highest BCUT2D eigenvalue weighted by atomic mass is 79.9. The molecule has 1 N–H and O–H groups in total. The molecule has 0 atom stereocenters. The van der Waals surface area contributed by atoms with Crippen molar-refractivity contribution in [2.45, 2.75) is 0 Å². The zero-order valence-corrected chi connectivity index (χ0v) is 18.4. The Bertz CT molecular complexity index is 1210. The van der Waals surface area contributed by atoms with Gasteiger partial charge < -0.3 is 13.9 Å². The van der Waals surface area contributed by atoms with E-state index in [1.54, 1.807) is 36.4 Å². The highest BCUT2D eigenvalue weighted by molar-refractivity contribution is 9.10. The third-order valence-electron chi connectivity index (χ3n) is 3.92. The summed E-state index contributed by atoms with van der Waals surface area (Å²) >= 11 is 3.32. The molecule has 3 aromatic rings. The third kappa shape index (κ3) is 7.14. The molecule has 11 heteroatoms. The van der Waals surface area contributed by atoms with E-state index >= 15 is 0 Å². The van der Waals surface area contributed by atoms with Crippen LogP contribution in [0.15, 0.2) is 80.9 Å². The van der Waals surface area contributed by atoms with Gasteiger partial charge in [-0.05, 0) is 42.5 Å². The third-order valence-corrected chi connectivity index (χ3v) is 4.42. The maximum Gasteiger partial charge on any atom is 0.336 e. The molecule has 3 rings (SSSR count). The number of furan rings is 1. The second-order valence-corrected chi connectivity index (χ2v) is 7.17. The van der Waals surface area contributed by atoms with Crippen LogP contribution in [-0.4, -0.2) is 29.6 Å². The van der Waals surface area contributed by atoms with E-state index in [9.17, 15) is 19.7 Å². The van der Waals surface area contributed by atoms with Crippen LogP contribution in [-0.2, 0) is 9.59 Å². The van der Waals surface area contributed by atoms with Gasteiger partial charge in [0.15, 0.2) is 12.4 Å². The Hall–Kier alpha value is -4.25.